The van der Waals surface area contributed by atoms with E-state index in [0.29, 0.717) is 28.5 Å². The fourth-order valence-electron chi connectivity index (χ4n) is 4.27. The molecular formula is C22H17F3N6OS. The van der Waals surface area contributed by atoms with E-state index >= 15 is 0 Å². The molecule has 4 aromatic rings. The standard InChI is InChI=1S/C22H17F3N6OS/c1-21(7-3-4-15-17(21)13(8-26)11-33-15)20-29-18(30-32-20)12-5-6-14(27-9-12)19-28-16(10-31(19)2)22(23,24)25/h5-6,9-11H,3-4,7H2,1-2H3. The Bertz CT molecular complexity index is 1380. The summed E-state index contributed by atoms with van der Waals surface area (Å²) < 4.78 is 45.8. The van der Waals surface area contributed by atoms with Gasteiger partial charge in [0.25, 0.3) is 0 Å². The molecule has 168 valence electrons. The maximum absolute atomic E-state index is 12.9. The molecule has 0 saturated heterocycles. The third-order valence-electron chi connectivity index (χ3n) is 5.94. The number of thiophene rings is 1. The zero-order chi connectivity index (χ0) is 23.4. The van der Waals surface area contributed by atoms with Gasteiger partial charge < -0.3 is 9.09 Å². The van der Waals surface area contributed by atoms with Crippen molar-refractivity contribution in [3.8, 4) is 29.0 Å². The van der Waals surface area contributed by atoms with Gasteiger partial charge in [-0.25, -0.2) is 4.98 Å². The monoisotopic (exact) mass is 470 g/mol. The fraction of sp³-hybridized carbons (Fsp3) is 0.318. The molecule has 0 bridgehead atoms. The minimum absolute atomic E-state index is 0.103. The summed E-state index contributed by atoms with van der Waals surface area (Å²) in [6, 6.07) is 5.50. The summed E-state index contributed by atoms with van der Waals surface area (Å²) in [6.45, 7) is 2.01. The average molecular weight is 470 g/mol. The van der Waals surface area contributed by atoms with Gasteiger partial charge in [-0.3, -0.25) is 4.98 Å². The molecular weight excluding hydrogens is 453 g/mol. The topological polar surface area (TPSA) is 93.4 Å². The minimum Gasteiger partial charge on any atom is -0.338 e. The lowest BCUT2D eigenvalue weighted by Gasteiger charge is -2.30. The summed E-state index contributed by atoms with van der Waals surface area (Å²) in [5.41, 5.74) is 0.916. The molecule has 11 heteroatoms. The number of hydrogen-bond donors (Lipinski definition) is 0. The summed E-state index contributed by atoms with van der Waals surface area (Å²) in [4.78, 5) is 13.7. The van der Waals surface area contributed by atoms with Gasteiger partial charge in [-0.15, -0.1) is 11.3 Å². The summed E-state index contributed by atoms with van der Waals surface area (Å²) in [5, 5.41) is 15.5. The van der Waals surface area contributed by atoms with Gasteiger partial charge in [0.05, 0.1) is 11.0 Å². The van der Waals surface area contributed by atoms with Gasteiger partial charge in [0.2, 0.25) is 11.7 Å². The molecule has 1 atom stereocenters. The first-order chi connectivity index (χ1) is 15.7. The number of aryl methyl sites for hydroxylation is 2. The summed E-state index contributed by atoms with van der Waals surface area (Å²) in [7, 11) is 1.48. The molecule has 33 heavy (non-hydrogen) atoms. The Morgan fingerprint density at radius 3 is 2.76 bits per heavy atom. The van der Waals surface area contributed by atoms with E-state index < -0.39 is 17.3 Å². The van der Waals surface area contributed by atoms with Crippen LogP contribution in [0.25, 0.3) is 22.9 Å². The van der Waals surface area contributed by atoms with Crippen molar-refractivity contribution in [2.45, 2.75) is 37.8 Å². The van der Waals surface area contributed by atoms with Crippen LogP contribution in [-0.2, 0) is 25.1 Å². The molecule has 7 nitrogen and oxygen atoms in total. The number of imidazole rings is 1. The van der Waals surface area contributed by atoms with Crippen LogP contribution in [0.15, 0.2) is 34.4 Å². The van der Waals surface area contributed by atoms with E-state index in [0.717, 1.165) is 31.0 Å². The number of rotatable bonds is 3. The summed E-state index contributed by atoms with van der Waals surface area (Å²) in [5.74, 6) is 0.852. The first-order valence-corrected chi connectivity index (χ1v) is 11.0. The van der Waals surface area contributed by atoms with Crippen LogP contribution >= 0.6 is 11.3 Å². The van der Waals surface area contributed by atoms with E-state index in [9.17, 15) is 18.4 Å². The second-order valence-corrected chi connectivity index (χ2v) is 9.12. The van der Waals surface area contributed by atoms with Crippen molar-refractivity contribution in [1.29, 1.82) is 5.26 Å². The zero-order valence-electron chi connectivity index (χ0n) is 17.6. The normalized spacial score (nSPS) is 18.2. The van der Waals surface area contributed by atoms with Gasteiger partial charge in [-0.2, -0.15) is 23.4 Å². The molecule has 1 unspecified atom stereocenters. The predicted octanol–water partition coefficient (Wildman–Crippen LogP) is 5.13. The smallest absolute Gasteiger partial charge is 0.338 e. The molecule has 4 aromatic heterocycles. The van der Waals surface area contributed by atoms with Crippen LogP contribution in [0.1, 0.15) is 47.4 Å². The van der Waals surface area contributed by atoms with E-state index in [4.69, 9.17) is 4.52 Å². The number of pyridine rings is 1. The van der Waals surface area contributed by atoms with Gasteiger partial charge in [0.1, 0.15) is 11.8 Å². The molecule has 0 aliphatic heterocycles. The lowest BCUT2D eigenvalue weighted by atomic mass is 9.72. The van der Waals surface area contributed by atoms with Crippen LogP contribution in [0.4, 0.5) is 13.2 Å². The Balaban J connectivity index is 1.46. The molecule has 4 heterocycles. The first-order valence-electron chi connectivity index (χ1n) is 10.1. The third-order valence-corrected chi connectivity index (χ3v) is 6.98. The van der Waals surface area contributed by atoms with Gasteiger partial charge in [0, 0.05) is 35.3 Å². The Kier molecular flexibility index (Phi) is 4.86. The van der Waals surface area contributed by atoms with Crippen LogP contribution < -0.4 is 0 Å². The highest BCUT2D eigenvalue weighted by Crippen LogP contribution is 2.46. The highest BCUT2D eigenvalue weighted by Gasteiger charge is 2.42. The van der Waals surface area contributed by atoms with Crippen molar-refractivity contribution in [3.05, 3.63) is 57.5 Å². The number of halogens is 3. The molecule has 0 spiro atoms. The Labute approximate surface area is 190 Å². The SMILES string of the molecule is Cn1cc(C(F)(F)F)nc1-c1ccc(-c2noc(C3(C)CCCc4scc(C#N)c43)n2)cn1. The second-order valence-electron chi connectivity index (χ2n) is 8.16. The lowest BCUT2D eigenvalue weighted by molar-refractivity contribution is -0.140. The van der Waals surface area contributed by atoms with E-state index in [1.165, 1.54) is 22.7 Å². The Morgan fingerprint density at radius 1 is 1.27 bits per heavy atom. The van der Waals surface area contributed by atoms with Crippen molar-refractivity contribution < 1.29 is 17.7 Å². The van der Waals surface area contributed by atoms with Crippen molar-refractivity contribution in [3.63, 3.8) is 0 Å². The number of alkyl halides is 3. The molecule has 1 aliphatic carbocycles. The van der Waals surface area contributed by atoms with Gasteiger partial charge in [-0.1, -0.05) is 5.16 Å². The van der Waals surface area contributed by atoms with Crippen LogP contribution in [0, 0.1) is 11.3 Å². The number of fused-ring (bicyclic) bond motifs is 1. The Morgan fingerprint density at radius 2 is 2.09 bits per heavy atom. The molecule has 0 amide bonds. The third kappa shape index (κ3) is 3.51. The molecule has 0 N–H and O–H groups in total. The Hall–Kier alpha value is -3.52. The summed E-state index contributed by atoms with van der Waals surface area (Å²) >= 11 is 1.58. The van der Waals surface area contributed by atoms with Gasteiger partial charge in [0.15, 0.2) is 11.5 Å². The van der Waals surface area contributed by atoms with E-state index in [-0.39, 0.29) is 5.82 Å². The van der Waals surface area contributed by atoms with Crippen molar-refractivity contribution >= 4 is 11.3 Å². The number of nitriles is 1. The lowest BCUT2D eigenvalue weighted by Crippen LogP contribution is -2.29. The molecule has 0 fully saturated rings. The van der Waals surface area contributed by atoms with Crippen LogP contribution in [0.2, 0.25) is 0 Å². The largest absolute Gasteiger partial charge is 0.434 e. The molecule has 0 saturated carbocycles. The molecule has 0 radical (unpaired) electrons. The van der Waals surface area contributed by atoms with Gasteiger partial charge >= 0.3 is 6.18 Å². The van der Waals surface area contributed by atoms with Crippen molar-refractivity contribution in [2.75, 3.05) is 0 Å². The minimum atomic E-state index is -4.53. The number of hydrogen-bond acceptors (Lipinski definition) is 7. The maximum atomic E-state index is 12.9. The quantitative estimate of drug-likeness (QED) is 0.412. The molecule has 0 aromatic carbocycles. The van der Waals surface area contributed by atoms with E-state index in [1.807, 2.05) is 12.3 Å². The average Bonchev–Trinajstić information content (AvgIpc) is 3.52. The van der Waals surface area contributed by atoms with Crippen molar-refractivity contribution in [1.82, 2.24) is 24.7 Å². The number of nitrogens with zero attached hydrogens (tertiary/aromatic N) is 6. The molecule has 1 aliphatic rings. The van der Waals surface area contributed by atoms with Crippen molar-refractivity contribution in [2.24, 2.45) is 7.05 Å². The summed E-state index contributed by atoms with van der Waals surface area (Å²) in [6.07, 6.45) is 0.533. The van der Waals surface area contributed by atoms with Crippen LogP contribution in [0.5, 0.6) is 0 Å². The highest BCUT2D eigenvalue weighted by molar-refractivity contribution is 7.10. The maximum Gasteiger partial charge on any atom is 0.434 e. The van der Waals surface area contributed by atoms with Crippen LogP contribution in [0.3, 0.4) is 0 Å². The second kappa shape index (κ2) is 7.52. The number of aromatic nitrogens is 5. The predicted molar refractivity (Wildman–Crippen MR) is 113 cm³/mol. The fourth-order valence-corrected chi connectivity index (χ4v) is 5.42. The first kappa shape index (κ1) is 21.3. The van der Waals surface area contributed by atoms with E-state index in [1.54, 1.807) is 23.5 Å². The molecule has 5 rings (SSSR count). The van der Waals surface area contributed by atoms with E-state index in [2.05, 4.69) is 26.2 Å². The zero-order valence-corrected chi connectivity index (χ0v) is 18.5. The van der Waals surface area contributed by atoms with Crippen LogP contribution in [-0.4, -0.2) is 24.7 Å². The van der Waals surface area contributed by atoms with Gasteiger partial charge in [-0.05, 0) is 43.9 Å². The highest BCUT2D eigenvalue weighted by atomic mass is 32.1.